The highest BCUT2D eigenvalue weighted by atomic mass is 35.5. The van der Waals surface area contributed by atoms with Crippen LogP contribution in [0.5, 0.6) is 11.5 Å². The highest BCUT2D eigenvalue weighted by Gasteiger charge is 2.41. The van der Waals surface area contributed by atoms with Crippen LogP contribution in [0.1, 0.15) is 32.9 Å². The molecule has 6 nitrogen and oxygen atoms in total. The number of H-pyrrole nitrogens is 1. The predicted molar refractivity (Wildman–Crippen MR) is 100 cm³/mol. The van der Waals surface area contributed by atoms with Crippen molar-refractivity contribution in [2.24, 2.45) is 0 Å². The van der Waals surface area contributed by atoms with E-state index in [0.717, 1.165) is 6.42 Å². The van der Waals surface area contributed by atoms with E-state index in [2.05, 4.69) is 4.98 Å². The van der Waals surface area contributed by atoms with Crippen molar-refractivity contribution in [3.63, 3.8) is 0 Å². The van der Waals surface area contributed by atoms with Crippen molar-refractivity contribution in [2.45, 2.75) is 39.3 Å². The third-order valence-corrected chi connectivity index (χ3v) is 4.30. The predicted octanol–water partition coefficient (Wildman–Crippen LogP) is 3.52. The quantitative estimate of drug-likeness (QED) is 0.866. The molecule has 1 amide bonds. The van der Waals surface area contributed by atoms with E-state index < -0.39 is 5.60 Å². The van der Waals surface area contributed by atoms with E-state index in [9.17, 15) is 9.59 Å². The number of rotatable bonds is 5. The van der Waals surface area contributed by atoms with Crippen LogP contribution in [0.15, 0.2) is 35.3 Å². The second-order valence-corrected chi connectivity index (χ2v) is 7.09. The summed E-state index contributed by atoms with van der Waals surface area (Å²) >= 11 is 6.09. The number of aromatic nitrogens is 1. The summed E-state index contributed by atoms with van der Waals surface area (Å²) in [6.07, 6.45) is 2.35. The first-order valence-electron chi connectivity index (χ1n) is 8.47. The van der Waals surface area contributed by atoms with Gasteiger partial charge in [-0.25, -0.2) is 0 Å². The lowest BCUT2D eigenvalue weighted by atomic mass is 10.0. The topological polar surface area (TPSA) is 71.6 Å². The number of amides is 1. The number of nitrogens with one attached hydrogen (secondary N) is 1. The molecule has 1 N–H and O–H groups in total. The Morgan fingerprint density at radius 3 is 2.73 bits per heavy atom. The van der Waals surface area contributed by atoms with Gasteiger partial charge in [-0.1, -0.05) is 18.5 Å². The molecule has 0 unspecified atom stereocenters. The molecule has 0 radical (unpaired) electrons. The van der Waals surface area contributed by atoms with Gasteiger partial charge in [0.05, 0.1) is 18.8 Å². The minimum atomic E-state index is -1.01. The van der Waals surface area contributed by atoms with Gasteiger partial charge in [0.2, 0.25) is 5.43 Å². The largest absolute Gasteiger partial charge is 0.488 e. The van der Waals surface area contributed by atoms with E-state index in [1.807, 2.05) is 6.92 Å². The lowest BCUT2D eigenvalue weighted by Gasteiger charge is -2.38. The molecule has 26 heavy (non-hydrogen) atoms. The summed E-state index contributed by atoms with van der Waals surface area (Å²) < 4.78 is 11.2. The van der Waals surface area contributed by atoms with Crippen molar-refractivity contribution >= 4 is 23.2 Å². The molecule has 0 atom stereocenters. The Kier molecular flexibility index (Phi) is 4.96. The van der Waals surface area contributed by atoms with E-state index in [1.165, 1.54) is 12.3 Å². The number of carbonyl (C=O) groups excluding carboxylic acids is 1. The number of pyridine rings is 1. The molecule has 0 aliphatic carbocycles. The molecule has 1 aliphatic heterocycles. The molecular weight excluding hydrogens is 356 g/mol. The monoisotopic (exact) mass is 376 g/mol. The molecule has 1 aliphatic rings. The number of anilines is 1. The highest BCUT2D eigenvalue weighted by Crippen LogP contribution is 2.39. The maximum atomic E-state index is 12.9. The minimum Gasteiger partial charge on any atom is -0.488 e. The van der Waals surface area contributed by atoms with E-state index in [4.69, 9.17) is 21.1 Å². The second-order valence-electron chi connectivity index (χ2n) is 6.65. The first-order valence-corrected chi connectivity index (χ1v) is 8.84. The zero-order valence-corrected chi connectivity index (χ0v) is 15.7. The fraction of sp³-hybridized carbons (Fsp3) is 0.368. The maximum absolute atomic E-state index is 12.9. The number of hydrogen-bond acceptors (Lipinski definition) is 4. The van der Waals surface area contributed by atoms with Crippen LogP contribution in [0.2, 0.25) is 5.02 Å². The van der Waals surface area contributed by atoms with Crippen LogP contribution in [0.25, 0.3) is 0 Å². The van der Waals surface area contributed by atoms with Crippen LogP contribution >= 0.6 is 11.6 Å². The summed E-state index contributed by atoms with van der Waals surface area (Å²) in [5.41, 5.74) is -0.0611. The smallest absolute Gasteiger partial charge is 0.271 e. The lowest BCUT2D eigenvalue weighted by Crippen LogP contribution is -2.52. The van der Waals surface area contributed by atoms with Gasteiger partial charge in [0.25, 0.3) is 5.91 Å². The van der Waals surface area contributed by atoms with Gasteiger partial charge in [-0.2, -0.15) is 0 Å². The third-order valence-electron chi connectivity index (χ3n) is 4.06. The maximum Gasteiger partial charge on any atom is 0.271 e. The summed E-state index contributed by atoms with van der Waals surface area (Å²) in [5.74, 6) is 0.636. The van der Waals surface area contributed by atoms with E-state index in [1.54, 1.807) is 36.9 Å². The van der Waals surface area contributed by atoms with Gasteiger partial charge in [0, 0.05) is 23.0 Å². The van der Waals surface area contributed by atoms with Crippen molar-refractivity contribution in [1.29, 1.82) is 0 Å². The number of fused-ring (bicyclic) bond motifs is 1. The van der Waals surface area contributed by atoms with Crippen LogP contribution in [0.4, 0.5) is 5.69 Å². The third kappa shape index (κ3) is 3.55. The van der Waals surface area contributed by atoms with Gasteiger partial charge in [0.15, 0.2) is 11.4 Å². The molecule has 7 heteroatoms. The Morgan fingerprint density at radius 2 is 2.04 bits per heavy atom. The molecule has 2 heterocycles. The van der Waals surface area contributed by atoms with Gasteiger partial charge in [-0.05, 0) is 38.5 Å². The fourth-order valence-corrected chi connectivity index (χ4v) is 2.95. The van der Waals surface area contributed by atoms with E-state index in [0.29, 0.717) is 28.8 Å². The summed E-state index contributed by atoms with van der Waals surface area (Å²) in [6, 6.07) is 6.58. The summed E-state index contributed by atoms with van der Waals surface area (Å²) in [7, 11) is 0. The zero-order valence-electron chi connectivity index (χ0n) is 15.0. The molecule has 0 bridgehead atoms. The molecule has 1 aromatic carbocycles. The molecule has 3 rings (SSSR count). The van der Waals surface area contributed by atoms with Crippen LogP contribution in [0, 0.1) is 0 Å². The SMILES string of the molecule is CCCOc1c[nH]c(CN2C(=O)C(C)(C)Oc3ccc(Cl)cc32)cc1=O. The highest BCUT2D eigenvalue weighted by molar-refractivity contribution is 6.31. The van der Waals surface area contributed by atoms with E-state index >= 15 is 0 Å². The Balaban J connectivity index is 1.93. The van der Waals surface area contributed by atoms with Gasteiger partial charge in [-0.3, -0.25) is 14.5 Å². The van der Waals surface area contributed by atoms with Crippen molar-refractivity contribution in [3.05, 3.63) is 51.4 Å². The second kappa shape index (κ2) is 7.03. The summed E-state index contributed by atoms with van der Waals surface area (Å²) in [5, 5.41) is 0.502. The van der Waals surface area contributed by atoms with Crippen molar-refractivity contribution in [2.75, 3.05) is 11.5 Å². The normalized spacial score (nSPS) is 15.4. The molecule has 0 saturated carbocycles. The zero-order chi connectivity index (χ0) is 18.9. The van der Waals surface area contributed by atoms with Crippen LogP contribution in [-0.4, -0.2) is 23.1 Å². The molecule has 0 saturated heterocycles. The van der Waals surface area contributed by atoms with Crippen molar-refractivity contribution in [1.82, 2.24) is 4.98 Å². The summed E-state index contributed by atoms with van der Waals surface area (Å²) in [6.45, 7) is 6.07. The lowest BCUT2D eigenvalue weighted by molar-refractivity contribution is -0.132. The van der Waals surface area contributed by atoms with Crippen LogP contribution in [-0.2, 0) is 11.3 Å². The molecule has 0 fully saturated rings. The summed E-state index contributed by atoms with van der Waals surface area (Å²) in [4.78, 5) is 29.7. The van der Waals surface area contributed by atoms with Gasteiger partial charge in [-0.15, -0.1) is 0 Å². The first kappa shape index (κ1) is 18.3. The Bertz CT molecular complexity index is 891. The number of nitrogens with zero attached hydrogens (tertiary/aromatic N) is 1. The number of ether oxygens (including phenoxy) is 2. The number of carbonyl (C=O) groups is 1. The number of benzene rings is 1. The Hall–Kier alpha value is -2.47. The van der Waals surface area contributed by atoms with Gasteiger partial charge >= 0.3 is 0 Å². The standard InChI is InChI=1S/C19H21ClN2O4/c1-4-7-25-17-10-21-13(9-15(17)23)11-22-14-8-12(20)5-6-16(14)26-19(2,3)18(22)24/h5-6,8-10H,4,7,11H2,1-3H3,(H,21,23). The average Bonchev–Trinajstić information content (AvgIpc) is 2.59. The van der Waals surface area contributed by atoms with Crippen molar-refractivity contribution in [3.8, 4) is 11.5 Å². The van der Waals surface area contributed by atoms with Crippen LogP contribution < -0.4 is 19.8 Å². The van der Waals surface area contributed by atoms with Crippen LogP contribution in [0.3, 0.4) is 0 Å². The number of aromatic amines is 1. The number of halogens is 1. The molecule has 1 aromatic heterocycles. The first-order chi connectivity index (χ1) is 12.3. The number of hydrogen-bond donors (Lipinski definition) is 1. The minimum absolute atomic E-state index is 0.197. The molecule has 2 aromatic rings. The molecular formula is C19H21ClN2O4. The Morgan fingerprint density at radius 1 is 1.27 bits per heavy atom. The molecule has 138 valence electrons. The van der Waals surface area contributed by atoms with Crippen molar-refractivity contribution < 1.29 is 14.3 Å². The van der Waals surface area contributed by atoms with Gasteiger partial charge < -0.3 is 14.5 Å². The Labute approximate surface area is 156 Å². The molecule has 0 spiro atoms. The van der Waals surface area contributed by atoms with E-state index in [-0.39, 0.29) is 23.6 Å². The average molecular weight is 377 g/mol. The fourth-order valence-electron chi connectivity index (χ4n) is 2.78. The van der Waals surface area contributed by atoms with Gasteiger partial charge in [0.1, 0.15) is 5.75 Å².